The first kappa shape index (κ1) is 16.7. The molecule has 1 N–H and O–H groups in total. The lowest BCUT2D eigenvalue weighted by atomic mass is 9.95. The van der Waals surface area contributed by atoms with Crippen molar-refractivity contribution in [2.75, 3.05) is 6.54 Å². The van der Waals surface area contributed by atoms with Crippen molar-refractivity contribution in [2.45, 2.75) is 38.3 Å². The van der Waals surface area contributed by atoms with Crippen molar-refractivity contribution in [3.05, 3.63) is 56.2 Å². The van der Waals surface area contributed by atoms with Crippen molar-refractivity contribution in [1.29, 1.82) is 0 Å². The minimum Gasteiger partial charge on any atom is -0.480 e. The summed E-state index contributed by atoms with van der Waals surface area (Å²) in [6.07, 6.45) is 2.77. The summed E-state index contributed by atoms with van der Waals surface area (Å²) >= 11 is 5.30. The minimum atomic E-state index is -0.710. The number of aliphatic carboxylic acids is 1. The zero-order valence-electron chi connectivity index (χ0n) is 13.0. The Kier molecular flexibility index (Phi) is 5.19. The third kappa shape index (κ3) is 3.67. The number of rotatable bonds is 4. The first-order valence-corrected chi connectivity index (χ1v) is 9.47. The second-order valence-electron chi connectivity index (χ2n) is 5.99. The molecule has 2 heterocycles. The van der Waals surface area contributed by atoms with E-state index in [1.165, 1.54) is 9.75 Å². The highest BCUT2D eigenvalue weighted by molar-refractivity contribution is 9.10. The van der Waals surface area contributed by atoms with E-state index in [9.17, 15) is 9.90 Å². The molecule has 0 spiro atoms. The number of aryl methyl sites for hydroxylation is 1. The molecule has 1 aromatic heterocycles. The van der Waals surface area contributed by atoms with Crippen molar-refractivity contribution in [3.63, 3.8) is 0 Å². The zero-order valence-corrected chi connectivity index (χ0v) is 15.4. The van der Waals surface area contributed by atoms with Gasteiger partial charge in [-0.3, -0.25) is 9.69 Å². The van der Waals surface area contributed by atoms with Crippen LogP contribution in [-0.2, 0) is 4.79 Å². The number of carboxylic acid groups (broad SMARTS) is 1. The number of piperidine rings is 1. The SMILES string of the molecule is Cc1ccc(C(c2cccc(Br)c2)N2CCCCC2C(=O)O)s1. The molecule has 2 aromatic rings. The van der Waals surface area contributed by atoms with E-state index in [0.29, 0.717) is 0 Å². The average molecular weight is 394 g/mol. The molecule has 0 aliphatic carbocycles. The van der Waals surface area contributed by atoms with Crippen molar-refractivity contribution in [1.82, 2.24) is 4.90 Å². The number of halogens is 1. The van der Waals surface area contributed by atoms with Crippen molar-refractivity contribution in [3.8, 4) is 0 Å². The lowest BCUT2D eigenvalue weighted by Crippen LogP contribution is -2.46. The molecule has 0 amide bonds. The first-order valence-electron chi connectivity index (χ1n) is 7.86. The van der Waals surface area contributed by atoms with E-state index in [1.807, 2.05) is 12.1 Å². The number of hydrogen-bond acceptors (Lipinski definition) is 3. The van der Waals surface area contributed by atoms with Gasteiger partial charge in [0.1, 0.15) is 6.04 Å². The quantitative estimate of drug-likeness (QED) is 0.806. The van der Waals surface area contributed by atoms with E-state index in [2.05, 4.69) is 52.0 Å². The number of nitrogens with zero attached hydrogens (tertiary/aromatic N) is 1. The Hall–Kier alpha value is -1.17. The molecule has 5 heteroatoms. The van der Waals surface area contributed by atoms with Crippen LogP contribution < -0.4 is 0 Å². The summed E-state index contributed by atoms with van der Waals surface area (Å²) in [4.78, 5) is 16.4. The van der Waals surface area contributed by atoms with Crippen molar-refractivity contribution in [2.24, 2.45) is 0 Å². The van der Waals surface area contributed by atoms with E-state index >= 15 is 0 Å². The lowest BCUT2D eigenvalue weighted by Gasteiger charge is -2.39. The van der Waals surface area contributed by atoms with Crippen molar-refractivity contribution >= 4 is 33.2 Å². The molecule has 3 rings (SSSR count). The fourth-order valence-corrected chi connectivity index (χ4v) is 4.77. The third-order valence-electron chi connectivity index (χ3n) is 4.36. The molecular weight excluding hydrogens is 374 g/mol. The van der Waals surface area contributed by atoms with Gasteiger partial charge in [-0.25, -0.2) is 0 Å². The molecule has 1 fully saturated rings. The van der Waals surface area contributed by atoms with Gasteiger partial charge in [-0.15, -0.1) is 11.3 Å². The first-order chi connectivity index (χ1) is 11.1. The predicted octanol–water partition coefficient (Wildman–Crippen LogP) is 4.85. The van der Waals surface area contributed by atoms with Gasteiger partial charge in [0.25, 0.3) is 0 Å². The molecule has 122 valence electrons. The third-order valence-corrected chi connectivity index (χ3v) is 5.90. The molecule has 1 saturated heterocycles. The van der Waals surface area contributed by atoms with Gasteiger partial charge in [0.2, 0.25) is 0 Å². The van der Waals surface area contributed by atoms with Crippen LogP contribution >= 0.6 is 27.3 Å². The fourth-order valence-electron chi connectivity index (χ4n) is 3.32. The maximum atomic E-state index is 11.8. The van der Waals surface area contributed by atoms with Gasteiger partial charge in [0.05, 0.1) is 6.04 Å². The Morgan fingerprint density at radius 1 is 1.35 bits per heavy atom. The van der Waals surface area contributed by atoms with Gasteiger partial charge < -0.3 is 5.11 Å². The number of hydrogen-bond donors (Lipinski definition) is 1. The van der Waals surface area contributed by atoms with Crippen LogP contribution in [0.4, 0.5) is 0 Å². The van der Waals surface area contributed by atoms with Crippen LogP contribution in [0.2, 0.25) is 0 Å². The molecule has 0 radical (unpaired) electrons. The van der Waals surface area contributed by atoms with Crippen LogP contribution in [0.1, 0.15) is 40.6 Å². The maximum Gasteiger partial charge on any atom is 0.320 e. The number of benzene rings is 1. The highest BCUT2D eigenvalue weighted by Gasteiger charge is 2.35. The summed E-state index contributed by atoms with van der Waals surface area (Å²) in [5.74, 6) is -0.710. The number of carboxylic acids is 1. The standard InChI is InChI=1S/C18H20BrNO2S/c1-12-8-9-16(23-12)17(13-5-4-6-14(19)11-13)20-10-3-2-7-15(20)18(21)22/h4-6,8-9,11,15,17H,2-3,7,10H2,1H3,(H,21,22). The van der Waals surface area contributed by atoms with Crippen LogP contribution in [0, 0.1) is 6.92 Å². The smallest absolute Gasteiger partial charge is 0.320 e. The summed E-state index contributed by atoms with van der Waals surface area (Å²) in [6.45, 7) is 2.92. The van der Waals surface area contributed by atoms with E-state index in [4.69, 9.17) is 0 Å². The lowest BCUT2D eigenvalue weighted by molar-refractivity contribution is -0.145. The van der Waals surface area contributed by atoms with Gasteiger partial charge in [-0.1, -0.05) is 34.5 Å². The number of carbonyl (C=O) groups is 1. The normalized spacial score (nSPS) is 20.3. The molecule has 2 unspecified atom stereocenters. The van der Waals surface area contributed by atoms with Gasteiger partial charge in [-0.05, 0) is 56.1 Å². The predicted molar refractivity (Wildman–Crippen MR) is 97.0 cm³/mol. The second-order valence-corrected chi connectivity index (χ2v) is 8.23. The van der Waals surface area contributed by atoms with Gasteiger partial charge in [-0.2, -0.15) is 0 Å². The largest absolute Gasteiger partial charge is 0.480 e. The Morgan fingerprint density at radius 2 is 2.17 bits per heavy atom. The van der Waals surface area contributed by atoms with Crippen LogP contribution in [0.15, 0.2) is 40.9 Å². The average Bonchev–Trinajstić information content (AvgIpc) is 2.94. The summed E-state index contributed by atoms with van der Waals surface area (Å²) in [6, 6.07) is 12.1. The Balaban J connectivity index is 2.05. The fraction of sp³-hybridized carbons (Fsp3) is 0.389. The van der Waals surface area contributed by atoms with E-state index in [0.717, 1.165) is 35.8 Å². The Morgan fingerprint density at radius 3 is 2.83 bits per heavy atom. The van der Waals surface area contributed by atoms with E-state index < -0.39 is 12.0 Å². The number of thiophene rings is 1. The summed E-state index contributed by atoms with van der Waals surface area (Å²) in [5, 5.41) is 9.66. The molecule has 0 saturated carbocycles. The molecule has 23 heavy (non-hydrogen) atoms. The Bertz CT molecular complexity index is 700. The monoisotopic (exact) mass is 393 g/mol. The van der Waals surface area contributed by atoms with Crippen LogP contribution in [0.25, 0.3) is 0 Å². The van der Waals surface area contributed by atoms with Gasteiger partial charge in [0, 0.05) is 14.2 Å². The minimum absolute atomic E-state index is 0.00704. The molecular formula is C18H20BrNO2S. The molecule has 3 nitrogen and oxygen atoms in total. The van der Waals surface area contributed by atoms with E-state index in [1.54, 1.807) is 11.3 Å². The van der Waals surface area contributed by atoms with Crippen LogP contribution in [-0.4, -0.2) is 28.6 Å². The molecule has 1 aliphatic heterocycles. The highest BCUT2D eigenvalue weighted by Crippen LogP contribution is 2.38. The molecule has 1 aromatic carbocycles. The van der Waals surface area contributed by atoms with Crippen LogP contribution in [0.5, 0.6) is 0 Å². The summed E-state index contributed by atoms with van der Waals surface area (Å²) in [7, 11) is 0. The molecule has 2 atom stereocenters. The number of likely N-dealkylation sites (tertiary alicyclic amines) is 1. The summed E-state index contributed by atoms with van der Waals surface area (Å²) in [5.41, 5.74) is 1.15. The molecule has 1 aliphatic rings. The van der Waals surface area contributed by atoms with E-state index in [-0.39, 0.29) is 6.04 Å². The van der Waals surface area contributed by atoms with Crippen LogP contribution in [0.3, 0.4) is 0 Å². The van der Waals surface area contributed by atoms with Gasteiger partial charge in [0.15, 0.2) is 0 Å². The topological polar surface area (TPSA) is 40.5 Å². The van der Waals surface area contributed by atoms with Gasteiger partial charge >= 0.3 is 5.97 Å². The molecule has 0 bridgehead atoms. The second kappa shape index (κ2) is 7.16. The Labute approximate surface area is 149 Å². The highest BCUT2D eigenvalue weighted by atomic mass is 79.9. The maximum absolute atomic E-state index is 11.8. The summed E-state index contributed by atoms with van der Waals surface area (Å²) < 4.78 is 1.03. The van der Waals surface area contributed by atoms with Crippen molar-refractivity contribution < 1.29 is 9.90 Å². The zero-order chi connectivity index (χ0) is 16.4.